The number of halogens is 2. The molecule has 1 N–H and O–H groups in total. The monoisotopic (exact) mass is 393 g/mol. The van der Waals surface area contributed by atoms with Crippen LogP contribution >= 0.6 is 23.2 Å². The molecule has 4 nitrogen and oxygen atoms in total. The van der Waals surface area contributed by atoms with Gasteiger partial charge in [-0.1, -0.05) is 41.4 Å². The summed E-state index contributed by atoms with van der Waals surface area (Å²) in [6, 6.07) is 9.57. The lowest BCUT2D eigenvalue weighted by Crippen LogP contribution is -2.49. The molecule has 1 heterocycles. The largest absolute Gasteiger partial charge is 0.488 e. The minimum absolute atomic E-state index is 0.232. The van der Waals surface area contributed by atoms with E-state index in [2.05, 4.69) is 17.0 Å². The van der Waals surface area contributed by atoms with Gasteiger partial charge in [-0.15, -0.1) is 0 Å². The molecule has 6 heteroatoms. The lowest BCUT2D eigenvalue weighted by molar-refractivity contribution is -0.147. The number of hydrogen-bond donors (Lipinski definition) is 1. The number of aryl methyl sites for hydroxylation is 2. The molecule has 1 aliphatic rings. The van der Waals surface area contributed by atoms with Gasteiger partial charge in [0.15, 0.2) is 0 Å². The fourth-order valence-electron chi connectivity index (χ4n) is 3.26. The van der Waals surface area contributed by atoms with Crippen LogP contribution in [0, 0.1) is 19.8 Å². The highest BCUT2D eigenvalue weighted by molar-refractivity contribution is 6.35. The molecule has 0 radical (unpaired) electrons. The molecule has 0 aliphatic carbocycles. The number of benzene rings is 2. The van der Waals surface area contributed by atoms with Gasteiger partial charge in [0.25, 0.3) is 0 Å². The van der Waals surface area contributed by atoms with Crippen molar-refractivity contribution in [3.63, 3.8) is 0 Å². The van der Waals surface area contributed by atoms with Crippen LogP contribution in [0.2, 0.25) is 10.0 Å². The summed E-state index contributed by atoms with van der Waals surface area (Å²) >= 11 is 12.1. The summed E-state index contributed by atoms with van der Waals surface area (Å²) in [5, 5.41) is 10.2. The molecule has 26 heavy (non-hydrogen) atoms. The second-order valence-electron chi connectivity index (χ2n) is 6.81. The third-order valence-corrected chi connectivity index (χ3v) is 5.21. The lowest BCUT2D eigenvalue weighted by atomic mass is 9.98. The van der Waals surface area contributed by atoms with Gasteiger partial charge in [0, 0.05) is 35.2 Å². The number of carboxylic acid groups (broad SMARTS) is 1. The van der Waals surface area contributed by atoms with E-state index in [-0.39, 0.29) is 5.92 Å². The van der Waals surface area contributed by atoms with Gasteiger partial charge in [0.05, 0.1) is 5.92 Å². The van der Waals surface area contributed by atoms with Gasteiger partial charge in [-0.05, 0) is 42.7 Å². The van der Waals surface area contributed by atoms with Crippen LogP contribution in [0.5, 0.6) is 5.75 Å². The molecule has 0 aromatic heterocycles. The van der Waals surface area contributed by atoms with Gasteiger partial charge < -0.3 is 9.84 Å². The van der Waals surface area contributed by atoms with E-state index in [0.717, 1.165) is 29.0 Å². The zero-order valence-corrected chi connectivity index (χ0v) is 16.3. The summed E-state index contributed by atoms with van der Waals surface area (Å²) in [5.74, 6) is -0.0890. The number of carboxylic acids is 1. The zero-order chi connectivity index (χ0) is 18.8. The van der Waals surface area contributed by atoms with Gasteiger partial charge in [-0.3, -0.25) is 9.69 Å². The molecule has 0 spiro atoms. The number of rotatable bonds is 6. The van der Waals surface area contributed by atoms with E-state index in [4.69, 9.17) is 33.0 Å². The summed E-state index contributed by atoms with van der Waals surface area (Å²) in [6.45, 7) is 6.40. The topological polar surface area (TPSA) is 49.8 Å². The van der Waals surface area contributed by atoms with Crippen molar-refractivity contribution in [1.82, 2.24) is 4.90 Å². The Morgan fingerprint density at radius 1 is 1.19 bits per heavy atom. The van der Waals surface area contributed by atoms with Gasteiger partial charge >= 0.3 is 5.97 Å². The number of hydrogen-bond acceptors (Lipinski definition) is 3. The third-order valence-electron chi connectivity index (χ3n) is 4.62. The van der Waals surface area contributed by atoms with E-state index in [1.807, 2.05) is 19.9 Å². The molecule has 3 rings (SSSR count). The fraction of sp³-hybridized carbons (Fsp3) is 0.350. The van der Waals surface area contributed by atoms with Crippen molar-refractivity contribution in [1.29, 1.82) is 0 Å². The molecule has 138 valence electrons. The normalized spacial score (nSPS) is 14.9. The maximum Gasteiger partial charge on any atom is 0.309 e. The number of nitrogens with zero attached hydrogens (tertiary/aromatic N) is 1. The molecule has 0 atom stereocenters. The first-order chi connectivity index (χ1) is 12.3. The second-order valence-corrected chi connectivity index (χ2v) is 7.66. The number of ether oxygens (including phenoxy) is 1. The first-order valence-corrected chi connectivity index (χ1v) is 9.21. The third kappa shape index (κ3) is 4.32. The molecule has 0 unspecified atom stereocenters. The highest BCUT2D eigenvalue weighted by Crippen LogP contribution is 2.29. The Bertz CT molecular complexity index is 809. The van der Waals surface area contributed by atoms with E-state index >= 15 is 0 Å². The summed E-state index contributed by atoms with van der Waals surface area (Å²) in [7, 11) is 0. The van der Waals surface area contributed by atoms with Crippen molar-refractivity contribution in [2.75, 3.05) is 13.1 Å². The van der Waals surface area contributed by atoms with Crippen molar-refractivity contribution in [2.24, 2.45) is 5.92 Å². The zero-order valence-electron chi connectivity index (χ0n) is 14.8. The minimum atomic E-state index is -0.710. The number of carbonyl (C=O) groups is 1. The molecule has 0 amide bonds. The first-order valence-electron chi connectivity index (χ1n) is 8.45. The standard InChI is InChI=1S/C20H21Cl2NO3/c1-12-5-14(8-23-9-16(10-23)20(24)25)6-13(2)19(12)26-11-15-3-4-17(21)7-18(15)22/h3-7,16H,8-11H2,1-2H3,(H,24,25). The molecule has 0 saturated carbocycles. The SMILES string of the molecule is Cc1cc(CN2CC(C(=O)O)C2)cc(C)c1OCc1ccc(Cl)cc1Cl. The summed E-state index contributed by atoms with van der Waals surface area (Å²) < 4.78 is 6.00. The van der Waals surface area contributed by atoms with Gasteiger partial charge in [-0.25, -0.2) is 0 Å². The average molecular weight is 394 g/mol. The summed E-state index contributed by atoms with van der Waals surface area (Å²) in [6.07, 6.45) is 0. The molecular formula is C20H21Cl2NO3. The van der Waals surface area contributed by atoms with Gasteiger partial charge in [-0.2, -0.15) is 0 Å². The van der Waals surface area contributed by atoms with Crippen LogP contribution in [-0.4, -0.2) is 29.1 Å². The highest BCUT2D eigenvalue weighted by atomic mass is 35.5. The van der Waals surface area contributed by atoms with E-state index in [0.29, 0.717) is 29.7 Å². The van der Waals surface area contributed by atoms with Crippen LogP contribution in [0.25, 0.3) is 0 Å². The molecular weight excluding hydrogens is 373 g/mol. The minimum Gasteiger partial charge on any atom is -0.488 e. The Morgan fingerprint density at radius 2 is 1.85 bits per heavy atom. The van der Waals surface area contributed by atoms with Gasteiger partial charge in [0.1, 0.15) is 12.4 Å². The number of likely N-dealkylation sites (tertiary alicyclic amines) is 1. The first kappa shape index (κ1) is 19.0. The number of aliphatic carboxylic acids is 1. The summed E-state index contributed by atoms with van der Waals surface area (Å²) in [4.78, 5) is 13.0. The van der Waals surface area contributed by atoms with Gasteiger partial charge in [0.2, 0.25) is 0 Å². The molecule has 1 fully saturated rings. The van der Waals surface area contributed by atoms with Crippen LogP contribution in [0.1, 0.15) is 22.3 Å². The van der Waals surface area contributed by atoms with Crippen LogP contribution in [-0.2, 0) is 17.9 Å². The van der Waals surface area contributed by atoms with E-state index < -0.39 is 5.97 Å². The maximum atomic E-state index is 10.9. The maximum absolute atomic E-state index is 10.9. The van der Waals surface area contributed by atoms with Crippen molar-refractivity contribution in [2.45, 2.75) is 27.0 Å². The van der Waals surface area contributed by atoms with Crippen LogP contribution < -0.4 is 4.74 Å². The molecule has 2 aromatic carbocycles. The Kier molecular flexibility index (Phi) is 5.76. The quantitative estimate of drug-likeness (QED) is 0.771. The lowest BCUT2D eigenvalue weighted by Gasteiger charge is -2.36. The highest BCUT2D eigenvalue weighted by Gasteiger charge is 2.32. The average Bonchev–Trinajstić information content (AvgIpc) is 2.51. The van der Waals surface area contributed by atoms with Crippen LogP contribution in [0.4, 0.5) is 0 Å². The smallest absolute Gasteiger partial charge is 0.309 e. The Hall–Kier alpha value is -1.75. The summed E-state index contributed by atoms with van der Waals surface area (Å²) in [5.41, 5.74) is 4.17. The van der Waals surface area contributed by atoms with E-state index in [1.165, 1.54) is 5.56 Å². The molecule has 0 bridgehead atoms. The fourth-order valence-corrected chi connectivity index (χ4v) is 3.72. The van der Waals surface area contributed by atoms with Crippen LogP contribution in [0.15, 0.2) is 30.3 Å². The van der Waals surface area contributed by atoms with Crippen molar-refractivity contribution < 1.29 is 14.6 Å². The molecule has 2 aromatic rings. The predicted octanol–water partition coefficient (Wildman–Crippen LogP) is 4.71. The molecule has 1 aliphatic heterocycles. The van der Waals surface area contributed by atoms with E-state index in [1.54, 1.807) is 12.1 Å². The Morgan fingerprint density at radius 3 is 2.42 bits per heavy atom. The second kappa shape index (κ2) is 7.87. The Labute approximate surface area is 163 Å². The van der Waals surface area contributed by atoms with Crippen LogP contribution in [0.3, 0.4) is 0 Å². The van der Waals surface area contributed by atoms with Crippen molar-refractivity contribution in [3.05, 3.63) is 62.6 Å². The van der Waals surface area contributed by atoms with Crippen molar-refractivity contribution >= 4 is 29.2 Å². The molecule has 1 saturated heterocycles. The Balaban J connectivity index is 1.65. The van der Waals surface area contributed by atoms with E-state index in [9.17, 15) is 4.79 Å². The van der Waals surface area contributed by atoms with Crippen molar-refractivity contribution in [3.8, 4) is 5.75 Å². The predicted molar refractivity (Wildman–Crippen MR) is 103 cm³/mol.